The minimum absolute atomic E-state index is 0.205. The smallest absolute Gasteiger partial charge is 0.309 e. The first-order chi connectivity index (χ1) is 12.0. The molecule has 140 valence electrons. The predicted molar refractivity (Wildman–Crippen MR) is 88.8 cm³/mol. The van der Waals surface area contributed by atoms with Crippen LogP contribution in [0.5, 0.6) is 0 Å². The van der Waals surface area contributed by atoms with Gasteiger partial charge in [0.1, 0.15) is 5.82 Å². The average molecular weight is 387 g/mol. The Morgan fingerprint density at radius 2 is 1.77 bits per heavy atom. The molecule has 10 heteroatoms. The Morgan fingerprint density at radius 3 is 2.38 bits per heavy atom. The number of pyridine rings is 1. The summed E-state index contributed by atoms with van der Waals surface area (Å²) in [6.45, 7) is 2.93. The SMILES string of the molecule is Cc1cccc(NC(=O)[C@H](C)NS(=O)(=O)c2ccccc2C(F)(F)F)n1. The zero-order valence-corrected chi connectivity index (χ0v) is 14.6. The van der Waals surface area contributed by atoms with E-state index in [1.807, 2.05) is 4.72 Å². The maximum atomic E-state index is 13.0. The number of carbonyl (C=O) groups is 1. The molecule has 0 saturated heterocycles. The van der Waals surface area contributed by atoms with Gasteiger partial charge in [-0.15, -0.1) is 0 Å². The lowest BCUT2D eigenvalue weighted by molar-refractivity contribution is -0.139. The van der Waals surface area contributed by atoms with E-state index in [9.17, 15) is 26.4 Å². The summed E-state index contributed by atoms with van der Waals surface area (Å²) >= 11 is 0. The summed E-state index contributed by atoms with van der Waals surface area (Å²) in [5, 5.41) is 2.40. The Labute approximate surface area is 148 Å². The van der Waals surface area contributed by atoms with Gasteiger partial charge >= 0.3 is 6.18 Å². The van der Waals surface area contributed by atoms with Gasteiger partial charge in [0.15, 0.2) is 0 Å². The number of sulfonamides is 1. The molecule has 2 N–H and O–H groups in total. The second kappa shape index (κ2) is 7.42. The number of hydrogen-bond donors (Lipinski definition) is 2. The molecule has 1 heterocycles. The van der Waals surface area contributed by atoms with Crippen molar-refractivity contribution < 1.29 is 26.4 Å². The van der Waals surface area contributed by atoms with Gasteiger partial charge in [-0.25, -0.2) is 13.4 Å². The lowest BCUT2D eigenvalue weighted by atomic mass is 10.2. The number of hydrogen-bond acceptors (Lipinski definition) is 4. The minimum Gasteiger partial charge on any atom is -0.309 e. The fourth-order valence-electron chi connectivity index (χ4n) is 2.13. The van der Waals surface area contributed by atoms with E-state index in [0.29, 0.717) is 11.8 Å². The number of anilines is 1. The largest absolute Gasteiger partial charge is 0.417 e. The van der Waals surface area contributed by atoms with E-state index in [1.165, 1.54) is 19.1 Å². The Morgan fingerprint density at radius 1 is 1.12 bits per heavy atom. The lowest BCUT2D eigenvalue weighted by Crippen LogP contribution is -2.42. The number of nitrogens with zero attached hydrogens (tertiary/aromatic N) is 1. The number of aryl methyl sites for hydroxylation is 1. The molecule has 1 amide bonds. The second-order valence-electron chi connectivity index (χ2n) is 5.49. The van der Waals surface area contributed by atoms with Gasteiger partial charge in [-0.05, 0) is 38.1 Å². The van der Waals surface area contributed by atoms with Gasteiger partial charge in [0.2, 0.25) is 15.9 Å². The van der Waals surface area contributed by atoms with E-state index in [1.54, 1.807) is 19.1 Å². The summed E-state index contributed by atoms with van der Waals surface area (Å²) in [4.78, 5) is 15.2. The summed E-state index contributed by atoms with van der Waals surface area (Å²) in [6.07, 6.45) is -4.84. The van der Waals surface area contributed by atoms with Crippen LogP contribution < -0.4 is 10.0 Å². The molecule has 1 aromatic carbocycles. The van der Waals surface area contributed by atoms with Gasteiger partial charge in [0.05, 0.1) is 16.5 Å². The van der Waals surface area contributed by atoms with Gasteiger partial charge in [0, 0.05) is 5.69 Å². The number of alkyl halides is 3. The van der Waals surface area contributed by atoms with Crippen molar-refractivity contribution in [3.8, 4) is 0 Å². The van der Waals surface area contributed by atoms with Crippen molar-refractivity contribution >= 4 is 21.7 Å². The monoisotopic (exact) mass is 387 g/mol. The lowest BCUT2D eigenvalue weighted by Gasteiger charge is -2.17. The first kappa shape index (κ1) is 19.9. The molecule has 0 radical (unpaired) electrons. The molecule has 0 aliphatic carbocycles. The Kier molecular flexibility index (Phi) is 5.67. The van der Waals surface area contributed by atoms with Crippen LogP contribution in [0.25, 0.3) is 0 Å². The van der Waals surface area contributed by atoms with Crippen molar-refractivity contribution in [2.75, 3.05) is 5.32 Å². The van der Waals surface area contributed by atoms with E-state index in [-0.39, 0.29) is 5.82 Å². The van der Waals surface area contributed by atoms with E-state index >= 15 is 0 Å². The molecule has 0 bridgehead atoms. The van der Waals surface area contributed by atoms with Crippen molar-refractivity contribution in [2.24, 2.45) is 0 Å². The first-order valence-electron chi connectivity index (χ1n) is 7.44. The molecular weight excluding hydrogens is 371 g/mol. The Hall–Kier alpha value is -2.46. The van der Waals surface area contributed by atoms with Crippen molar-refractivity contribution in [3.05, 3.63) is 53.7 Å². The van der Waals surface area contributed by atoms with Crippen molar-refractivity contribution in [1.29, 1.82) is 0 Å². The Bertz CT molecular complexity index is 914. The number of amides is 1. The van der Waals surface area contributed by atoms with Crippen LogP contribution in [0, 0.1) is 6.92 Å². The number of aromatic nitrogens is 1. The molecular formula is C16H16F3N3O3S. The summed E-state index contributed by atoms with van der Waals surface area (Å²) < 4.78 is 65.6. The molecule has 0 aliphatic rings. The highest BCUT2D eigenvalue weighted by atomic mass is 32.2. The molecule has 26 heavy (non-hydrogen) atoms. The number of carbonyl (C=O) groups excluding carboxylic acids is 1. The number of rotatable bonds is 5. The van der Waals surface area contributed by atoms with Gasteiger partial charge in [-0.1, -0.05) is 18.2 Å². The molecule has 6 nitrogen and oxygen atoms in total. The van der Waals surface area contributed by atoms with Crippen molar-refractivity contribution in [3.63, 3.8) is 0 Å². The van der Waals surface area contributed by atoms with Crippen LogP contribution in [0.15, 0.2) is 47.4 Å². The predicted octanol–water partition coefficient (Wildman–Crippen LogP) is 2.71. The van der Waals surface area contributed by atoms with Crippen LogP contribution >= 0.6 is 0 Å². The van der Waals surface area contributed by atoms with Gasteiger partial charge in [0.25, 0.3) is 0 Å². The van der Waals surface area contributed by atoms with Crippen LogP contribution in [-0.4, -0.2) is 25.4 Å². The molecule has 0 aliphatic heterocycles. The highest BCUT2D eigenvalue weighted by molar-refractivity contribution is 7.89. The van der Waals surface area contributed by atoms with Gasteiger partial charge < -0.3 is 5.32 Å². The van der Waals surface area contributed by atoms with E-state index in [0.717, 1.165) is 12.1 Å². The van der Waals surface area contributed by atoms with Crippen LogP contribution in [-0.2, 0) is 21.0 Å². The van der Waals surface area contributed by atoms with Gasteiger partial charge in [-0.2, -0.15) is 17.9 Å². The highest BCUT2D eigenvalue weighted by Gasteiger charge is 2.37. The standard InChI is InChI=1S/C16H16F3N3O3S/c1-10-6-5-9-14(20-10)21-15(23)11(2)22-26(24,25)13-8-4-3-7-12(13)16(17,18)19/h3-9,11,22H,1-2H3,(H,20,21,23)/t11-/m0/s1. The maximum absolute atomic E-state index is 13.0. The molecule has 1 atom stereocenters. The van der Waals surface area contributed by atoms with Crippen LogP contribution in [0.4, 0.5) is 19.0 Å². The fraction of sp³-hybridized carbons (Fsp3) is 0.250. The average Bonchev–Trinajstić information content (AvgIpc) is 2.53. The molecule has 2 rings (SSSR count). The Balaban J connectivity index is 2.20. The highest BCUT2D eigenvalue weighted by Crippen LogP contribution is 2.33. The normalized spacial score (nSPS) is 13.3. The van der Waals surface area contributed by atoms with Crippen LogP contribution in [0.3, 0.4) is 0 Å². The summed E-state index contributed by atoms with van der Waals surface area (Å²) in [5.74, 6) is -0.548. The zero-order valence-electron chi connectivity index (χ0n) is 13.8. The molecule has 2 aromatic rings. The summed E-state index contributed by atoms with van der Waals surface area (Å²) in [5.41, 5.74) is -0.671. The summed E-state index contributed by atoms with van der Waals surface area (Å²) in [7, 11) is -4.57. The minimum atomic E-state index is -4.84. The number of benzene rings is 1. The van der Waals surface area contributed by atoms with E-state index in [2.05, 4.69) is 10.3 Å². The van der Waals surface area contributed by atoms with E-state index < -0.39 is 38.6 Å². The van der Waals surface area contributed by atoms with Crippen LogP contribution in [0.2, 0.25) is 0 Å². The molecule has 0 spiro atoms. The fourth-order valence-corrected chi connectivity index (χ4v) is 3.56. The number of halogens is 3. The molecule has 1 aromatic heterocycles. The van der Waals surface area contributed by atoms with Gasteiger partial charge in [-0.3, -0.25) is 4.79 Å². The van der Waals surface area contributed by atoms with Crippen molar-refractivity contribution in [1.82, 2.24) is 9.71 Å². The van der Waals surface area contributed by atoms with E-state index in [4.69, 9.17) is 0 Å². The third kappa shape index (κ3) is 4.79. The molecule has 0 fully saturated rings. The maximum Gasteiger partial charge on any atom is 0.417 e. The quantitative estimate of drug-likeness (QED) is 0.826. The molecule has 0 saturated carbocycles. The zero-order chi connectivity index (χ0) is 19.5. The number of nitrogens with one attached hydrogen (secondary N) is 2. The second-order valence-corrected chi connectivity index (χ2v) is 7.17. The summed E-state index contributed by atoms with van der Waals surface area (Å²) in [6, 6.07) is 7.29. The first-order valence-corrected chi connectivity index (χ1v) is 8.92. The third-order valence-corrected chi connectivity index (χ3v) is 4.95. The topological polar surface area (TPSA) is 88.2 Å². The van der Waals surface area contributed by atoms with Crippen molar-refractivity contribution in [2.45, 2.75) is 31.0 Å². The molecule has 0 unspecified atom stereocenters. The van der Waals surface area contributed by atoms with Crippen LogP contribution in [0.1, 0.15) is 18.2 Å². The third-order valence-electron chi connectivity index (χ3n) is 3.35.